The summed E-state index contributed by atoms with van der Waals surface area (Å²) in [7, 11) is 1.54. The predicted octanol–water partition coefficient (Wildman–Crippen LogP) is 5.08. The third-order valence-corrected chi connectivity index (χ3v) is 7.23. The number of thioether (sulfide) groups is 1. The van der Waals surface area contributed by atoms with E-state index in [4.69, 9.17) is 9.84 Å². The lowest BCUT2D eigenvalue weighted by molar-refractivity contribution is -0.136. The van der Waals surface area contributed by atoms with E-state index in [2.05, 4.69) is 0 Å². The highest BCUT2D eigenvalue weighted by atomic mass is 32.2. The maximum absolute atomic E-state index is 15.1. The summed E-state index contributed by atoms with van der Waals surface area (Å²) in [6.45, 7) is -0.610. The average Bonchev–Trinajstić information content (AvgIpc) is 3.22. The van der Waals surface area contributed by atoms with Crippen LogP contribution in [-0.2, 0) is 9.59 Å². The van der Waals surface area contributed by atoms with Crippen LogP contribution < -0.4 is 9.64 Å². The molecule has 1 amide bonds. The Labute approximate surface area is 215 Å². The number of hydrogen-bond donors (Lipinski definition) is 1. The second-order valence-electron chi connectivity index (χ2n) is 8.29. The fourth-order valence-electron chi connectivity index (χ4n) is 4.33. The van der Waals surface area contributed by atoms with Crippen molar-refractivity contribution in [2.45, 2.75) is 5.25 Å². The van der Waals surface area contributed by atoms with Crippen LogP contribution in [0.15, 0.2) is 72.8 Å². The number of fused-ring (bicyclic) bond motifs is 1. The number of aliphatic carboxylic acids is 1. The lowest BCUT2D eigenvalue weighted by Gasteiger charge is -2.22. The van der Waals surface area contributed by atoms with E-state index >= 15 is 4.39 Å². The number of hydrogen-bond acceptors (Lipinski definition) is 5. The Morgan fingerprint density at radius 2 is 1.84 bits per heavy atom. The molecule has 1 aromatic heterocycles. The normalized spacial score (nSPS) is 15.3. The maximum Gasteiger partial charge on any atom is 0.323 e. The van der Waals surface area contributed by atoms with Crippen LogP contribution >= 0.6 is 11.8 Å². The van der Waals surface area contributed by atoms with Gasteiger partial charge in [-0.05, 0) is 30.3 Å². The van der Waals surface area contributed by atoms with Gasteiger partial charge >= 0.3 is 5.97 Å². The van der Waals surface area contributed by atoms with Gasteiger partial charge in [-0.3, -0.25) is 14.5 Å². The minimum atomic E-state index is -1.21. The number of benzene rings is 3. The Kier molecular flexibility index (Phi) is 6.66. The molecule has 1 N–H and O–H groups in total. The van der Waals surface area contributed by atoms with E-state index < -0.39 is 35.3 Å². The van der Waals surface area contributed by atoms with Crippen LogP contribution in [-0.4, -0.2) is 46.2 Å². The number of carboxylic acid groups (broad SMARTS) is 1. The molecule has 10 heteroatoms. The number of ether oxygens (including phenoxy) is 1. The van der Waals surface area contributed by atoms with Gasteiger partial charge in [0.25, 0.3) is 0 Å². The Hall–Kier alpha value is -4.18. The van der Waals surface area contributed by atoms with Gasteiger partial charge in [-0.25, -0.2) is 13.5 Å². The summed E-state index contributed by atoms with van der Waals surface area (Å²) < 4.78 is 35.7. The van der Waals surface area contributed by atoms with Gasteiger partial charge in [0.1, 0.15) is 29.7 Å². The van der Waals surface area contributed by atoms with E-state index in [-0.39, 0.29) is 17.1 Å². The molecule has 0 radical (unpaired) electrons. The zero-order valence-electron chi connectivity index (χ0n) is 19.6. The molecule has 4 aromatic rings. The number of anilines is 1. The van der Waals surface area contributed by atoms with Crippen LogP contribution in [0.1, 0.15) is 16.4 Å². The molecule has 0 bridgehead atoms. The summed E-state index contributed by atoms with van der Waals surface area (Å²) in [5, 5.41) is 13.7. The first-order valence-electron chi connectivity index (χ1n) is 11.3. The van der Waals surface area contributed by atoms with Crippen molar-refractivity contribution in [2.75, 3.05) is 24.3 Å². The molecule has 0 aliphatic carbocycles. The van der Waals surface area contributed by atoms with E-state index in [0.717, 1.165) is 28.8 Å². The average molecular weight is 522 g/mol. The number of carboxylic acids is 1. The highest BCUT2D eigenvalue weighted by Crippen LogP contribution is 2.49. The van der Waals surface area contributed by atoms with Gasteiger partial charge < -0.3 is 9.84 Å². The molecule has 5 rings (SSSR count). The molecule has 1 aliphatic rings. The Balaban J connectivity index is 1.84. The maximum atomic E-state index is 15.1. The quantitative estimate of drug-likeness (QED) is 0.381. The second-order valence-corrected chi connectivity index (χ2v) is 9.39. The lowest BCUT2D eigenvalue weighted by atomic mass is 9.99. The molecular weight excluding hydrogens is 500 g/mol. The molecule has 0 fully saturated rings. The zero-order chi connectivity index (χ0) is 26.1. The number of aromatic nitrogens is 2. The van der Waals surface area contributed by atoms with Crippen molar-refractivity contribution in [3.05, 3.63) is 95.6 Å². The minimum absolute atomic E-state index is 0.111. The second kappa shape index (κ2) is 10.1. The SMILES string of the molecule is COc1ccc(-n2nc(-c3ccccc3)c3c2N(CC(=O)O)C(=O)CSC3c2ccc(F)cc2F)cc1. The molecule has 7 nitrogen and oxygen atoms in total. The van der Waals surface area contributed by atoms with Crippen molar-refractivity contribution >= 4 is 29.5 Å². The molecule has 1 atom stereocenters. The third-order valence-electron chi connectivity index (χ3n) is 5.99. The van der Waals surface area contributed by atoms with Crippen LogP contribution in [0.5, 0.6) is 5.75 Å². The van der Waals surface area contributed by atoms with Gasteiger partial charge in [0.05, 0.1) is 29.5 Å². The molecule has 1 unspecified atom stereocenters. The van der Waals surface area contributed by atoms with Crippen molar-refractivity contribution in [3.8, 4) is 22.7 Å². The Morgan fingerprint density at radius 1 is 1.11 bits per heavy atom. The van der Waals surface area contributed by atoms with E-state index in [9.17, 15) is 19.1 Å². The number of rotatable bonds is 6. The van der Waals surface area contributed by atoms with Crippen molar-refractivity contribution in [1.82, 2.24) is 9.78 Å². The van der Waals surface area contributed by atoms with Gasteiger partial charge in [-0.15, -0.1) is 11.8 Å². The number of amides is 1. The molecule has 0 saturated heterocycles. The summed E-state index contributed by atoms with van der Waals surface area (Å²) in [6.07, 6.45) is 0. The monoisotopic (exact) mass is 521 g/mol. The molecule has 188 valence electrons. The first-order chi connectivity index (χ1) is 17.9. The fraction of sp³-hybridized carbons (Fsp3) is 0.148. The Bertz CT molecular complexity index is 1480. The number of halogens is 2. The van der Waals surface area contributed by atoms with Crippen LogP contribution in [0, 0.1) is 11.6 Å². The summed E-state index contributed by atoms with van der Waals surface area (Å²) in [6, 6.07) is 19.4. The summed E-state index contributed by atoms with van der Waals surface area (Å²) in [5.74, 6) is -2.45. The first-order valence-corrected chi connectivity index (χ1v) is 12.3. The van der Waals surface area contributed by atoms with Crippen LogP contribution in [0.3, 0.4) is 0 Å². The van der Waals surface area contributed by atoms with Gasteiger partial charge in [-0.1, -0.05) is 36.4 Å². The zero-order valence-corrected chi connectivity index (χ0v) is 20.4. The third kappa shape index (κ3) is 4.67. The van der Waals surface area contributed by atoms with Gasteiger partial charge in [0, 0.05) is 22.8 Å². The minimum Gasteiger partial charge on any atom is -0.497 e. The van der Waals surface area contributed by atoms with Crippen molar-refractivity contribution in [2.24, 2.45) is 0 Å². The molecular formula is C27H21F2N3O4S. The van der Waals surface area contributed by atoms with Crippen molar-refractivity contribution in [1.29, 1.82) is 0 Å². The fourth-order valence-corrected chi connectivity index (χ4v) is 5.55. The molecule has 37 heavy (non-hydrogen) atoms. The van der Waals surface area contributed by atoms with E-state index in [0.29, 0.717) is 28.3 Å². The number of nitrogens with zero attached hydrogens (tertiary/aromatic N) is 3. The van der Waals surface area contributed by atoms with Crippen LogP contribution in [0.25, 0.3) is 16.9 Å². The molecule has 2 heterocycles. The van der Waals surface area contributed by atoms with Crippen molar-refractivity contribution < 1.29 is 28.2 Å². The topological polar surface area (TPSA) is 84.7 Å². The summed E-state index contributed by atoms with van der Waals surface area (Å²) >= 11 is 1.14. The highest BCUT2D eigenvalue weighted by molar-refractivity contribution is 8.00. The van der Waals surface area contributed by atoms with E-state index in [1.807, 2.05) is 30.3 Å². The Morgan fingerprint density at radius 3 is 2.49 bits per heavy atom. The van der Waals surface area contributed by atoms with Gasteiger partial charge in [0.15, 0.2) is 0 Å². The molecule has 0 saturated carbocycles. The summed E-state index contributed by atoms with van der Waals surface area (Å²) in [4.78, 5) is 26.3. The number of methoxy groups -OCH3 is 1. The predicted molar refractivity (Wildman–Crippen MR) is 136 cm³/mol. The molecule has 1 aliphatic heterocycles. The van der Waals surface area contributed by atoms with E-state index in [1.54, 1.807) is 24.3 Å². The lowest BCUT2D eigenvalue weighted by Crippen LogP contribution is -2.38. The highest BCUT2D eigenvalue weighted by Gasteiger charge is 2.38. The van der Waals surface area contributed by atoms with Crippen molar-refractivity contribution in [3.63, 3.8) is 0 Å². The molecule has 0 spiro atoms. The first kappa shape index (κ1) is 24.5. The molecule has 3 aromatic carbocycles. The van der Waals surface area contributed by atoms with Crippen LogP contribution in [0.2, 0.25) is 0 Å². The summed E-state index contributed by atoms with van der Waals surface area (Å²) in [5.41, 5.74) is 2.34. The van der Waals surface area contributed by atoms with Gasteiger partial charge in [0.2, 0.25) is 5.91 Å². The van der Waals surface area contributed by atoms with Gasteiger partial charge in [-0.2, -0.15) is 5.10 Å². The number of carbonyl (C=O) groups is 2. The van der Waals surface area contributed by atoms with E-state index in [1.165, 1.54) is 17.9 Å². The largest absolute Gasteiger partial charge is 0.497 e. The smallest absolute Gasteiger partial charge is 0.323 e. The number of carbonyl (C=O) groups excluding carboxylic acids is 1. The van der Waals surface area contributed by atoms with Crippen LogP contribution in [0.4, 0.5) is 14.6 Å². The standard InChI is InChI=1S/C27H21F2N3O4S/c1-36-19-10-8-18(9-11-19)32-27-24(25(30-32)16-5-3-2-4-6-16)26(20-12-7-17(28)13-21(20)29)37-15-22(33)31(27)14-23(34)35/h2-13,26H,14-15H2,1H3,(H,34,35).